The predicted molar refractivity (Wildman–Crippen MR) is 75.5 cm³/mol. The summed E-state index contributed by atoms with van der Waals surface area (Å²) in [6, 6.07) is 13.1. The summed E-state index contributed by atoms with van der Waals surface area (Å²) in [5.41, 5.74) is 3.49. The molecule has 2 aromatic carbocycles. The number of aromatic hydroxyl groups is 1. The zero-order valence-electron chi connectivity index (χ0n) is 10.7. The summed E-state index contributed by atoms with van der Waals surface area (Å²) in [6.45, 7) is 2.58. The SMILES string of the molecule is Cc1ccc2c(COc3ccc(O)cc3)c[nH]c2c1. The largest absolute Gasteiger partial charge is 0.508 e. The first-order valence-electron chi connectivity index (χ1n) is 6.21. The average molecular weight is 253 g/mol. The van der Waals surface area contributed by atoms with Crippen LogP contribution in [0.4, 0.5) is 0 Å². The highest BCUT2D eigenvalue weighted by atomic mass is 16.5. The Bertz CT molecular complexity index is 698. The van der Waals surface area contributed by atoms with Gasteiger partial charge in [-0.05, 0) is 42.8 Å². The topological polar surface area (TPSA) is 45.2 Å². The first kappa shape index (κ1) is 11.7. The highest BCUT2D eigenvalue weighted by Crippen LogP contribution is 2.22. The van der Waals surface area contributed by atoms with E-state index in [4.69, 9.17) is 4.74 Å². The summed E-state index contributed by atoms with van der Waals surface area (Å²) >= 11 is 0. The van der Waals surface area contributed by atoms with Crippen molar-refractivity contribution < 1.29 is 9.84 Å². The molecule has 0 saturated heterocycles. The molecular weight excluding hydrogens is 238 g/mol. The van der Waals surface area contributed by atoms with E-state index in [0.29, 0.717) is 6.61 Å². The van der Waals surface area contributed by atoms with E-state index < -0.39 is 0 Å². The van der Waals surface area contributed by atoms with Crippen molar-refractivity contribution in [2.75, 3.05) is 0 Å². The van der Waals surface area contributed by atoms with Crippen LogP contribution in [0.25, 0.3) is 10.9 Å². The van der Waals surface area contributed by atoms with E-state index in [1.807, 2.05) is 6.20 Å². The number of aromatic amines is 1. The number of aryl methyl sites for hydroxylation is 1. The molecule has 3 rings (SSSR count). The monoisotopic (exact) mass is 253 g/mol. The van der Waals surface area contributed by atoms with Crippen molar-refractivity contribution in [1.29, 1.82) is 0 Å². The molecule has 0 aliphatic rings. The number of rotatable bonds is 3. The van der Waals surface area contributed by atoms with Crippen LogP contribution in [-0.4, -0.2) is 10.1 Å². The van der Waals surface area contributed by atoms with Crippen LogP contribution >= 0.6 is 0 Å². The second-order valence-electron chi connectivity index (χ2n) is 4.65. The standard InChI is InChI=1S/C16H15NO2/c1-11-2-7-15-12(9-17-16(15)8-11)10-19-14-5-3-13(18)4-6-14/h2-9,17-18H,10H2,1H3. The first-order chi connectivity index (χ1) is 9.22. The fraction of sp³-hybridized carbons (Fsp3) is 0.125. The van der Waals surface area contributed by atoms with Gasteiger partial charge >= 0.3 is 0 Å². The third-order valence-electron chi connectivity index (χ3n) is 3.15. The second-order valence-corrected chi connectivity index (χ2v) is 4.65. The van der Waals surface area contributed by atoms with Gasteiger partial charge in [-0.1, -0.05) is 12.1 Å². The first-order valence-corrected chi connectivity index (χ1v) is 6.21. The smallest absolute Gasteiger partial charge is 0.120 e. The number of hydrogen-bond acceptors (Lipinski definition) is 2. The number of hydrogen-bond donors (Lipinski definition) is 2. The van der Waals surface area contributed by atoms with Gasteiger partial charge in [-0.25, -0.2) is 0 Å². The Labute approximate surface area is 111 Å². The Morgan fingerprint density at radius 2 is 1.89 bits per heavy atom. The lowest BCUT2D eigenvalue weighted by Crippen LogP contribution is -1.93. The summed E-state index contributed by atoms with van der Waals surface area (Å²) in [5, 5.41) is 10.4. The maximum absolute atomic E-state index is 9.22. The number of benzene rings is 2. The Hall–Kier alpha value is -2.42. The van der Waals surface area contributed by atoms with Gasteiger partial charge in [-0.2, -0.15) is 0 Å². The van der Waals surface area contributed by atoms with E-state index in [1.54, 1.807) is 24.3 Å². The van der Waals surface area contributed by atoms with Crippen LogP contribution in [0.5, 0.6) is 11.5 Å². The number of ether oxygens (including phenoxy) is 1. The van der Waals surface area contributed by atoms with Crippen molar-refractivity contribution in [3.63, 3.8) is 0 Å². The highest BCUT2D eigenvalue weighted by molar-refractivity contribution is 5.83. The predicted octanol–water partition coefficient (Wildman–Crippen LogP) is 3.76. The van der Waals surface area contributed by atoms with E-state index in [-0.39, 0.29) is 5.75 Å². The fourth-order valence-corrected chi connectivity index (χ4v) is 2.12. The molecule has 0 aliphatic carbocycles. The number of phenolic OH excluding ortho intramolecular Hbond substituents is 1. The Morgan fingerprint density at radius 1 is 1.11 bits per heavy atom. The maximum Gasteiger partial charge on any atom is 0.120 e. The normalized spacial score (nSPS) is 10.8. The molecule has 0 amide bonds. The molecule has 0 spiro atoms. The number of aromatic nitrogens is 1. The zero-order valence-corrected chi connectivity index (χ0v) is 10.7. The summed E-state index contributed by atoms with van der Waals surface area (Å²) in [4.78, 5) is 3.25. The maximum atomic E-state index is 9.22. The molecule has 1 aromatic heterocycles. The van der Waals surface area contributed by atoms with Crippen LogP contribution in [-0.2, 0) is 6.61 Å². The van der Waals surface area contributed by atoms with Gasteiger partial charge in [0.1, 0.15) is 18.1 Å². The summed E-state index contributed by atoms with van der Waals surface area (Å²) in [7, 11) is 0. The average Bonchev–Trinajstić information content (AvgIpc) is 2.80. The molecule has 3 aromatic rings. The van der Waals surface area contributed by atoms with Gasteiger partial charge in [0.25, 0.3) is 0 Å². The third-order valence-corrected chi connectivity index (χ3v) is 3.15. The number of nitrogens with one attached hydrogen (secondary N) is 1. The molecule has 0 saturated carbocycles. The molecular formula is C16H15NO2. The molecule has 0 atom stereocenters. The minimum atomic E-state index is 0.245. The van der Waals surface area contributed by atoms with E-state index in [1.165, 1.54) is 10.9 Å². The van der Waals surface area contributed by atoms with Gasteiger partial charge in [-0.3, -0.25) is 0 Å². The fourth-order valence-electron chi connectivity index (χ4n) is 2.12. The minimum Gasteiger partial charge on any atom is -0.508 e. The van der Waals surface area contributed by atoms with Gasteiger partial charge in [0.15, 0.2) is 0 Å². The van der Waals surface area contributed by atoms with Crippen LogP contribution in [0.1, 0.15) is 11.1 Å². The molecule has 19 heavy (non-hydrogen) atoms. The summed E-state index contributed by atoms with van der Waals surface area (Å²) < 4.78 is 5.71. The highest BCUT2D eigenvalue weighted by Gasteiger charge is 2.04. The van der Waals surface area contributed by atoms with Crippen LogP contribution in [0, 0.1) is 6.92 Å². The molecule has 96 valence electrons. The van der Waals surface area contributed by atoms with E-state index >= 15 is 0 Å². The molecule has 0 unspecified atom stereocenters. The van der Waals surface area contributed by atoms with Gasteiger partial charge < -0.3 is 14.8 Å². The molecule has 2 N–H and O–H groups in total. The number of H-pyrrole nitrogens is 1. The summed E-state index contributed by atoms with van der Waals surface area (Å²) in [5.74, 6) is 0.995. The van der Waals surface area contributed by atoms with Crippen molar-refractivity contribution in [3.05, 3.63) is 59.8 Å². The van der Waals surface area contributed by atoms with E-state index in [0.717, 1.165) is 16.8 Å². The van der Waals surface area contributed by atoms with Gasteiger partial charge in [0.2, 0.25) is 0 Å². The lowest BCUT2D eigenvalue weighted by atomic mass is 10.1. The Kier molecular flexibility index (Phi) is 2.88. The molecule has 0 fully saturated rings. The number of fused-ring (bicyclic) bond motifs is 1. The molecule has 3 nitrogen and oxygen atoms in total. The lowest BCUT2D eigenvalue weighted by Gasteiger charge is -2.05. The quantitative estimate of drug-likeness (QED) is 0.746. The Morgan fingerprint density at radius 3 is 2.68 bits per heavy atom. The Balaban J connectivity index is 1.80. The second kappa shape index (κ2) is 4.69. The van der Waals surface area contributed by atoms with Crippen LogP contribution in [0.15, 0.2) is 48.7 Å². The van der Waals surface area contributed by atoms with Crippen molar-refractivity contribution in [2.24, 2.45) is 0 Å². The van der Waals surface area contributed by atoms with Gasteiger partial charge in [0.05, 0.1) is 0 Å². The van der Waals surface area contributed by atoms with E-state index in [2.05, 4.69) is 30.1 Å². The van der Waals surface area contributed by atoms with Crippen molar-refractivity contribution in [1.82, 2.24) is 4.98 Å². The zero-order chi connectivity index (χ0) is 13.2. The van der Waals surface area contributed by atoms with Crippen molar-refractivity contribution >= 4 is 10.9 Å². The van der Waals surface area contributed by atoms with Crippen molar-refractivity contribution in [3.8, 4) is 11.5 Å². The van der Waals surface area contributed by atoms with Crippen molar-refractivity contribution in [2.45, 2.75) is 13.5 Å². The van der Waals surface area contributed by atoms with E-state index in [9.17, 15) is 5.11 Å². The molecule has 0 bridgehead atoms. The van der Waals surface area contributed by atoms with Crippen LogP contribution in [0.3, 0.4) is 0 Å². The number of phenols is 1. The molecule has 0 radical (unpaired) electrons. The molecule has 0 aliphatic heterocycles. The molecule has 3 heteroatoms. The van der Waals surface area contributed by atoms with Gasteiger partial charge in [-0.15, -0.1) is 0 Å². The van der Waals surface area contributed by atoms with Crippen LogP contribution in [0.2, 0.25) is 0 Å². The minimum absolute atomic E-state index is 0.245. The third kappa shape index (κ3) is 2.40. The lowest BCUT2D eigenvalue weighted by molar-refractivity contribution is 0.307. The molecule has 1 heterocycles. The van der Waals surface area contributed by atoms with Gasteiger partial charge in [0, 0.05) is 22.7 Å². The summed E-state index contributed by atoms with van der Waals surface area (Å²) in [6.07, 6.45) is 1.98. The van der Waals surface area contributed by atoms with Crippen LogP contribution < -0.4 is 4.74 Å².